The van der Waals surface area contributed by atoms with Crippen LogP contribution in [0.3, 0.4) is 0 Å². The molecule has 3 aromatic rings. The number of thiophene rings is 1. The lowest BCUT2D eigenvalue weighted by Crippen LogP contribution is -2.02. The van der Waals surface area contributed by atoms with E-state index in [4.69, 9.17) is 0 Å². The standard InChI is InChI=1S/C21H20S/c1-13-4-7-16(8-5-13)20-15(3)18-11-9-17-12-14(2)6-10-19(17)21(18)22-20/h4-8,10,12H,9,11H2,1-3H3. The number of hydrogen-bond donors (Lipinski definition) is 0. The predicted molar refractivity (Wildman–Crippen MR) is 96.8 cm³/mol. The van der Waals surface area contributed by atoms with Crippen LogP contribution in [0, 0.1) is 20.8 Å². The van der Waals surface area contributed by atoms with Crippen molar-refractivity contribution in [3.8, 4) is 20.9 Å². The zero-order valence-electron chi connectivity index (χ0n) is 13.4. The first kappa shape index (κ1) is 13.8. The van der Waals surface area contributed by atoms with Gasteiger partial charge >= 0.3 is 0 Å². The summed E-state index contributed by atoms with van der Waals surface area (Å²) < 4.78 is 0. The van der Waals surface area contributed by atoms with Crippen LogP contribution >= 0.6 is 11.3 Å². The second-order valence-corrected chi connectivity index (χ2v) is 7.41. The summed E-state index contributed by atoms with van der Waals surface area (Å²) >= 11 is 1.97. The third-order valence-electron chi connectivity index (χ3n) is 4.73. The van der Waals surface area contributed by atoms with Gasteiger partial charge in [0.25, 0.3) is 0 Å². The molecule has 0 N–H and O–H groups in total. The third-order valence-corrected chi connectivity index (χ3v) is 6.15. The van der Waals surface area contributed by atoms with Gasteiger partial charge in [-0.1, -0.05) is 53.6 Å². The summed E-state index contributed by atoms with van der Waals surface area (Å²) in [4.78, 5) is 2.94. The van der Waals surface area contributed by atoms with Gasteiger partial charge in [0.05, 0.1) is 0 Å². The smallest absolute Gasteiger partial charge is 0.0387 e. The fourth-order valence-corrected chi connectivity index (χ4v) is 4.88. The second kappa shape index (κ2) is 5.10. The average Bonchev–Trinajstić information content (AvgIpc) is 2.85. The highest BCUT2D eigenvalue weighted by Crippen LogP contribution is 2.46. The van der Waals surface area contributed by atoms with Gasteiger partial charge in [-0.05, 0) is 61.4 Å². The van der Waals surface area contributed by atoms with Crippen molar-refractivity contribution in [2.75, 3.05) is 0 Å². The van der Waals surface area contributed by atoms with E-state index in [1.165, 1.54) is 56.0 Å². The van der Waals surface area contributed by atoms with Gasteiger partial charge in [-0.2, -0.15) is 0 Å². The van der Waals surface area contributed by atoms with E-state index in [9.17, 15) is 0 Å². The number of hydrogen-bond acceptors (Lipinski definition) is 1. The molecule has 0 amide bonds. The number of rotatable bonds is 1. The van der Waals surface area contributed by atoms with Crippen LogP contribution in [0.25, 0.3) is 20.9 Å². The minimum Gasteiger partial charge on any atom is -0.135 e. The lowest BCUT2D eigenvalue weighted by molar-refractivity contribution is 0.939. The maximum absolute atomic E-state index is 2.36. The van der Waals surface area contributed by atoms with E-state index in [1.807, 2.05) is 11.3 Å². The highest BCUT2D eigenvalue weighted by atomic mass is 32.1. The normalized spacial score (nSPS) is 12.9. The van der Waals surface area contributed by atoms with Gasteiger partial charge < -0.3 is 0 Å². The van der Waals surface area contributed by atoms with E-state index >= 15 is 0 Å². The van der Waals surface area contributed by atoms with Crippen LogP contribution in [0.5, 0.6) is 0 Å². The molecule has 1 heteroatoms. The Morgan fingerprint density at radius 3 is 2.27 bits per heavy atom. The molecule has 1 aliphatic rings. The Balaban J connectivity index is 1.89. The molecular weight excluding hydrogens is 284 g/mol. The Hall–Kier alpha value is -1.86. The van der Waals surface area contributed by atoms with Crippen LogP contribution in [0.4, 0.5) is 0 Å². The molecule has 0 fully saturated rings. The van der Waals surface area contributed by atoms with Gasteiger partial charge in [0.15, 0.2) is 0 Å². The van der Waals surface area contributed by atoms with Gasteiger partial charge in [0, 0.05) is 9.75 Å². The Kier molecular flexibility index (Phi) is 3.19. The monoisotopic (exact) mass is 304 g/mol. The first-order valence-electron chi connectivity index (χ1n) is 7.92. The fraction of sp³-hybridized carbons (Fsp3) is 0.238. The van der Waals surface area contributed by atoms with E-state index in [0.717, 1.165) is 0 Å². The molecule has 1 aliphatic carbocycles. The van der Waals surface area contributed by atoms with Crippen molar-refractivity contribution < 1.29 is 0 Å². The summed E-state index contributed by atoms with van der Waals surface area (Å²) in [5.41, 5.74) is 10.1. The second-order valence-electron chi connectivity index (χ2n) is 6.39. The zero-order valence-corrected chi connectivity index (χ0v) is 14.2. The third kappa shape index (κ3) is 2.12. The molecule has 0 bridgehead atoms. The molecule has 1 heterocycles. The van der Waals surface area contributed by atoms with Crippen LogP contribution in [0.1, 0.15) is 27.8 Å². The zero-order chi connectivity index (χ0) is 15.3. The highest BCUT2D eigenvalue weighted by molar-refractivity contribution is 7.19. The number of aryl methyl sites for hydroxylation is 3. The quantitative estimate of drug-likeness (QED) is 0.509. The molecule has 22 heavy (non-hydrogen) atoms. The van der Waals surface area contributed by atoms with Gasteiger partial charge in [0.1, 0.15) is 0 Å². The molecule has 1 aromatic heterocycles. The van der Waals surface area contributed by atoms with Crippen LogP contribution in [0.2, 0.25) is 0 Å². The molecule has 2 aromatic carbocycles. The maximum Gasteiger partial charge on any atom is 0.0387 e. The topological polar surface area (TPSA) is 0 Å². The van der Waals surface area contributed by atoms with E-state index in [2.05, 4.69) is 63.2 Å². The number of fused-ring (bicyclic) bond motifs is 3. The molecule has 0 aliphatic heterocycles. The Morgan fingerprint density at radius 2 is 1.50 bits per heavy atom. The van der Waals surface area contributed by atoms with E-state index in [-0.39, 0.29) is 0 Å². The van der Waals surface area contributed by atoms with E-state index in [0.29, 0.717) is 0 Å². The first-order valence-corrected chi connectivity index (χ1v) is 8.74. The van der Waals surface area contributed by atoms with Gasteiger partial charge in [0.2, 0.25) is 0 Å². The minimum absolute atomic E-state index is 1.18. The Morgan fingerprint density at radius 1 is 0.773 bits per heavy atom. The molecular formula is C21H20S. The minimum atomic E-state index is 1.18. The summed E-state index contributed by atoms with van der Waals surface area (Å²) in [6.45, 7) is 6.63. The summed E-state index contributed by atoms with van der Waals surface area (Å²) in [7, 11) is 0. The molecule has 0 spiro atoms. The van der Waals surface area contributed by atoms with Crippen molar-refractivity contribution in [1.82, 2.24) is 0 Å². The molecule has 4 rings (SSSR count). The summed E-state index contributed by atoms with van der Waals surface area (Å²) in [6.07, 6.45) is 2.36. The SMILES string of the molecule is Cc1ccc(-c2sc3c(c2C)CCc2cc(C)ccc2-3)cc1. The van der Waals surface area contributed by atoms with Crippen molar-refractivity contribution in [3.63, 3.8) is 0 Å². The summed E-state index contributed by atoms with van der Waals surface area (Å²) in [6, 6.07) is 15.9. The van der Waals surface area contributed by atoms with E-state index in [1.54, 1.807) is 5.56 Å². The van der Waals surface area contributed by atoms with Crippen LogP contribution in [-0.2, 0) is 12.8 Å². The fourth-order valence-electron chi connectivity index (χ4n) is 3.46. The molecule has 0 unspecified atom stereocenters. The lowest BCUT2D eigenvalue weighted by atomic mass is 9.88. The summed E-state index contributed by atoms with van der Waals surface area (Å²) in [5.74, 6) is 0. The predicted octanol–water partition coefficient (Wildman–Crippen LogP) is 6.11. The molecule has 0 radical (unpaired) electrons. The lowest BCUT2D eigenvalue weighted by Gasteiger charge is -2.17. The van der Waals surface area contributed by atoms with Crippen LogP contribution < -0.4 is 0 Å². The molecule has 0 saturated carbocycles. The van der Waals surface area contributed by atoms with Gasteiger partial charge in [-0.15, -0.1) is 11.3 Å². The molecule has 110 valence electrons. The van der Waals surface area contributed by atoms with Crippen molar-refractivity contribution >= 4 is 11.3 Å². The van der Waals surface area contributed by atoms with Crippen molar-refractivity contribution in [2.24, 2.45) is 0 Å². The van der Waals surface area contributed by atoms with Crippen molar-refractivity contribution in [1.29, 1.82) is 0 Å². The van der Waals surface area contributed by atoms with Crippen LogP contribution in [-0.4, -0.2) is 0 Å². The maximum atomic E-state index is 2.36. The molecule has 0 nitrogen and oxygen atoms in total. The van der Waals surface area contributed by atoms with Crippen molar-refractivity contribution in [3.05, 3.63) is 70.3 Å². The van der Waals surface area contributed by atoms with Gasteiger partial charge in [-0.3, -0.25) is 0 Å². The van der Waals surface area contributed by atoms with E-state index < -0.39 is 0 Å². The molecule has 0 atom stereocenters. The Bertz CT molecular complexity index is 850. The van der Waals surface area contributed by atoms with Crippen molar-refractivity contribution in [2.45, 2.75) is 33.6 Å². The van der Waals surface area contributed by atoms with Gasteiger partial charge in [-0.25, -0.2) is 0 Å². The first-order chi connectivity index (χ1) is 10.6. The highest BCUT2D eigenvalue weighted by Gasteiger charge is 2.23. The molecule has 0 saturated heterocycles. The largest absolute Gasteiger partial charge is 0.135 e. The van der Waals surface area contributed by atoms with Crippen LogP contribution in [0.15, 0.2) is 42.5 Å². The Labute approximate surface area is 136 Å². The number of benzene rings is 2. The average molecular weight is 304 g/mol. The summed E-state index contributed by atoms with van der Waals surface area (Å²) in [5, 5.41) is 0.